The summed E-state index contributed by atoms with van der Waals surface area (Å²) in [5.74, 6) is -0.636. The van der Waals surface area contributed by atoms with E-state index in [1.54, 1.807) is 54.6 Å². The third kappa shape index (κ3) is 7.38. The van der Waals surface area contributed by atoms with Crippen LogP contribution in [0.15, 0.2) is 77.7 Å². The van der Waals surface area contributed by atoms with Crippen LogP contribution in [0.3, 0.4) is 0 Å². The summed E-state index contributed by atoms with van der Waals surface area (Å²) in [6.07, 6.45) is 4.17. The van der Waals surface area contributed by atoms with Gasteiger partial charge in [0.05, 0.1) is 17.7 Å². The van der Waals surface area contributed by atoms with E-state index in [1.807, 2.05) is 6.92 Å². The van der Waals surface area contributed by atoms with E-state index in [1.165, 1.54) is 30.2 Å². The molecule has 1 N–H and O–H groups in total. The summed E-state index contributed by atoms with van der Waals surface area (Å²) >= 11 is 12.8. The number of hydrogen-bond donors (Lipinski definition) is 1. The fraction of sp³-hybridized carbons (Fsp3) is 0.355. The van der Waals surface area contributed by atoms with Crippen LogP contribution in [0, 0.1) is 0 Å². The van der Waals surface area contributed by atoms with E-state index in [0.29, 0.717) is 17.0 Å². The van der Waals surface area contributed by atoms with Crippen LogP contribution in [0.4, 0.5) is 5.69 Å². The predicted molar refractivity (Wildman–Crippen MR) is 165 cm³/mol. The molecule has 42 heavy (non-hydrogen) atoms. The first-order valence-electron chi connectivity index (χ1n) is 13.9. The Balaban J connectivity index is 1.77. The van der Waals surface area contributed by atoms with Crippen LogP contribution in [-0.4, -0.2) is 50.9 Å². The SMILES string of the molecule is CC[C@H](C(=O)NC1CCCC1)N(Cc1ccccc1Cl)C(=O)CN(c1cc(Cl)ccc1OC)S(=O)(=O)c1ccccc1. The monoisotopic (exact) mass is 631 g/mol. The molecule has 11 heteroatoms. The zero-order valence-electron chi connectivity index (χ0n) is 23.6. The molecule has 3 aromatic rings. The van der Waals surface area contributed by atoms with E-state index in [-0.39, 0.29) is 39.8 Å². The lowest BCUT2D eigenvalue weighted by atomic mass is 10.1. The Bertz CT molecular complexity index is 1500. The molecule has 1 atom stereocenters. The number of amides is 2. The Labute approximate surface area is 257 Å². The van der Waals surface area contributed by atoms with Gasteiger partial charge in [-0.05, 0) is 61.2 Å². The quantitative estimate of drug-likeness (QED) is 0.262. The van der Waals surface area contributed by atoms with Gasteiger partial charge in [0.1, 0.15) is 18.3 Å². The lowest BCUT2D eigenvalue weighted by Gasteiger charge is -2.34. The van der Waals surface area contributed by atoms with Crippen LogP contribution < -0.4 is 14.4 Å². The highest BCUT2D eigenvalue weighted by Gasteiger charge is 2.35. The van der Waals surface area contributed by atoms with Gasteiger partial charge in [-0.1, -0.05) is 79.4 Å². The van der Waals surface area contributed by atoms with E-state index in [4.69, 9.17) is 27.9 Å². The molecule has 4 rings (SSSR count). The number of nitrogens with one attached hydrogen (secondary N) is 1. The normalized spacial score (nSPS) is 14.3. The molecule has 2 amide bonds. The highest BCUT2D eigenvalue weighted by Crippen LogP contribution is 2.35. The van der Waals surface area contributed by atoms with Gasteiger partial charge in [-0.25, -0.2) is 8.42 Å². The van der Waals surface area contributed by atoms with Crippen molar-refractivity contribution in [2.45, 2.75) is 62.6 Å². The van der Waals surface area contributed by atoms with E-state index >= 15 is 0 Å². The molecule has 3 aromatic carbocycles. The van der Waals surface area contributed by atoms with E-state index in [0.717, 1.165) is 30.0 Å². The van der Waals surface area contributed by atoms with Crippen molar-refractivity contribution in [3.05, 3.63) is 88.4 Å². The second-order valence-electron chi connectivity index (χ2n) is 10.2. The second-order valence-corrected chi connectivity index (χ2v) is 12.9. The van der Waals surface area contributed by atoms with Crippen molar-refractivity contribution in [2.24, 2.45) is 0 Å². The summed E-state index contributed by atoms with van der Waals surface area (Å²) in [6, 6.07) is 18.6. The number of anilines is 1. The summed E-state index contributed by atoms with van der Waals surface area (Å²) in [4.78, 5) is 29.2. The number of ether oxygens (including phenoxy) is 1. The number of hydrogen-bond acceptors (Lipinski definition) is 5. The first kappa shape index (κ1) is 31.7. The van der Waals surface area contributed by atoms with Crippen LogP contribution >= 0.6 is 23.2 Å². The molecular weight excluding hydrogens is 597 g/mol. The Morgan fingerprint density at radius 3 is 2.31 bits per heavy atom. The summed E-state index contributed by atoms with van der Waals surface area (Å²) in [7, 11) is -2.86. The molecule has 0 unspecified atom stereocenters. The summed E-state index contributed by atoms with van der Waals surface area (Å²) < 4.78 is 34.5. The molecule has 0 aliphatic heterocycles. The molecule has 224 valence electrons. The van der Waals surface area contributed by atoms with Crippen LogP contribution in [-0.2, 0) is 26.2 Å². The van der Waals surface area contributed by atoms with Gasteiger partial charge >= 0.3 is 0 Å². The fourth-order valence-electron chi connectivity index (χ4n) is 5.19. The van der Waals surface area contributed by atoms with Gasteiger partial charge in [-0.2, -0.15) is 0 Å². The minimum Gasteiger partial charge on any atom is -0.495 e. The molecular formula is C31H35Cl2N3O5S. The largest absolute Gasteiger partial charge is 0.495 e. The van der Waals surface area contributed by atoms with Crippen LogP contribution in [0.2, 0.25) is 10.0 Å². The number of sulfonamides is 1. The van der Waals surface area contributed by atoms with Gasteiger partial charge in [0.15, 0.2) is 0 Å². The topological polar surface area (TPSA) is 96.0 Å². The van der Waals surface area contributed by atoms with Crippen LogP contribution in [0.25, 0.3) is 0 Å². The molecule has 0 radical (unpaired) electrons. The highest BCUT2D eigenvalue weighted by atomic mass is 35.5. The van der Waals surface area contributed by atoms with Crippen molar-refractivity contribution in [1.82, 2.24) is 10.2 Å². The smallest absolute Gasteiger partial charge is 0.264 e. The maximum Gasteiger partial charge on any atom is 0.264 e. The number of rotatable bonds is 12. The number of carbonyl (C=O) groups excluding carboxylic acids is 2. The van der Waals surface area contributed by atoms with Gasteiger partial charge in [0.2, 0.25) is 11.8 Å². The average Bonchev–Trinajstić information content (AvgIpc) is 3.50. The molecule has 0 aromatic heterocycles. The van der Waals surface area contributed by atoms with Crippen molar-refractivity contribution in [1.29, 1.82) is 0 Å². The lowest BCUT2D eigenvalue weighted by molar-refractivity contribution is -0.140. The maximum atomic E-state index is 14.3. The van der Waals surface area contributed by atoms with Gasteiger partial charge in [-0.3, -0.25) is 13.9 Å². The standard InChI is InChI=1S/C31H35Cl2N3O5S/c1-3-27(31(38)34-24-12-8-9-13-24)35(20-22-11-7-10-16-26(22)33)30(37)21-36(28-19-23(32)17-18-29(28)41-2)42(39,40)25-14-5-4-6-15-25/h4-7,10-11,14-19,24,27H,3,8-9,12-13,20-21H2,1-2H3,(H,34,38)/t27-/m1/s1. The lowest BCUT2D eigenvalue weighted by Crippen LogP contribution is -2.53. The van der Waals surface area contributed by atoms with Gasteiger partial charge < -0.3 is 15.0 Å². The van der Waals surface area contributed by atoms with Crippen molar-refractivity contribution >= 4 is 50.7 Å². The molecule has 1 saturated carbocycles. The van der Waals surface area contributed by atoms with Crippen molar-refractivity contribution in [3.63, 3.8) is 0 Å². The van der Waals surface area contributed by atoms with E-state index in [2.05, 4.69) is 5.32 Å². The van der Waals surface area contributed by atoms with Crippen molar-refractivity contribution < 1.29 is 22.7 Å². The minimum absolute atomic E-state index is 0.0106. The Morgan fingerprint density at radius 1 is 1.00 bits per heavy atom. The zero-order valence-corrected chi connectivity index (χ0v) is 26.0. The number of methoxy groups -OCH3 is 1. The van der Waals surface area contributed by atoms with E-state index < -0.39 is 28.5 Å². The summed E-state index contributed by atoms with van der Waals surface area (Å²) in [5.41, 5.74) is 0.737. The first-order chi connectivity index (χ1) is 20.1. The molecule has 1 aliphatic rings. The number of benzene rings is 3. The predicted octanol–water partition coefficient (Wildman–Crippen LogP) is 6.06. The zero-order chi connectivity index (χ0) is 30.3. The molecule has 0 saturated heterocycles. The van der Waals surface area contributed by atoms with Crippen LogP contribution in [0.1, 0.15) is 44.6 Å². The Kier molecular flexibility index (Phi) is 10.8. The Hall–Kier alpha value is -3.27. The minimum atomic E-state index is -4.26. The molecule has 0 heterocycles. The molecule has 1 fully saturated rings. The third-order valence-electron chi connectivity index (χ3n) is 7.41. The number of carbonyl (C=O) groups is 2. The summed E-state index contributed by atoms with van der Waals surface area (Å²) in [5, 5.41) is 3.80. The van der Waals surface area contributed by atoms with Gasteiger partial charge in [0, 0.05) is 22.6 Å². The van der Waals surface area contributed by atoms with Crippen molar-refractivity contribution in [3.8, 4) is 5.75 Å². The molecule has 0 spiro atoms. The summed E-state index contributed by atoms with van der Waals surface area (Å²) in [6.45, 7) is 1.23. The molecule has 1 aliphatic carbocycles. The average molecular weight is 633 g/mol. The highest BCUT2D eigenvalue weighted by molar-refractivity contribution is 7.92. The van der Waals surface area contributed by atoms with Gasteiger partial charge in [-0.15, -0.1) is 0 Å². The number of nitrogens with zero attached hydrogens (tertiary/aromatic N) is 2. The second kappa shape index (κ2) is 14.3. The fourth-order valence-corrected chi connectivity index (χ4v) is 6.99. The molecule has 8 nitrogen and oxygen atoms in total. The Morgan fingerprint density at radius 2 is 1.67 bits per heavy atom. The number of halogens is 2. The third-order valence-corrected chi connectivity index (χ3v) is 9.78. The van der Waals surface area contributed by atoms with Crippen molar-refractivity contribution in [2.75, 3.05) is 18.0 Å². The first-order valence-corrected chi connectivity index (χ1v) is 16.1. The molecule has 0 bridgehead atoms. The maximum absolute atomic E-state index is 14.3. The van der Waals surface area contributed by atoms with E-state index in [9.17, 15) is 18.0 Å². The van der Waals surface area contributed by atoms with Crippen LogP contribution in [0.5, 0.6) is 5.75 Å². The van der Waals surface area contributed by atoms with Gasteiger partial charge in [0.25, 0.3) is 10.0 Å².